The van der Waals surface area contributed by atoms with Gasteiger partial charge in [0.2, 0.25) is 0 Å². The molecule has 122 valence electrons. The Morgan fingerprint density at radius 1 is 1.09 bits per heavy atom. The molecule has 0 radical (unpaired) electrons. The van der Waals surface area contributed by atoms with Crippen LogP contribution in [0.2, 0.25) is 0 Å². The minimum Gasteiger partial charge on any atom is -0.244 e. The van der Waals surface area contributed by atoms with Gasteiger partial charge in [-0.15, -0.1) is 0 Å². The Bertz CT molecular complexity index is 660. The third kappa shape index (κ3) is 2.88. The molecule has 2 rings (SSSR count). The molecular weight excluding hydrogens is 290 g/mol. The predicted octanol–water partition coefficient (Wildman–Crippen LogP) is 5.65. The van der Waals surface area contributed by atoms with Crippen LogP contribution in [0, 0.1) is 0 Å². The standard InChI is InChI=1S/C19H29NOS/c1-6-11-17-15-19(14-7-2,16-12-9-8-10-13-16)20-22(17,21)18(3,4)5/h8-10,12-13,15H,6-7,11,14H2,1-5H3/t19-,22+/m0/s1. The molecule has 2 nitrogen and oxygen atoms in total. The van der Waals surface area contributed by atoms with Gasteiger partial charge >= 0.3 is 0 Å². The summed E-state index contributed by atoms with van der Waals surface area (Å²) in [6, 6.07) is 10.4. The molecule has 0 bridgehead atoms. The molecule has 1 aromatic rings. The monoisotopic (exact) mass is 319 g/mol. The number of benzene rings is 1. The minimum absolute atomic E-state index is 0.335. The summed E-state index contributed by atoms with van der Waals surface area (Å²) in [6.07, 6.45) is 6.04. The molecule has 1 aliphatic rings. The lowest BCUT2D eigenvalue weighted by Crippen LogP contribution is -2.28. The van der Waals surface area contributed by atoms with Crippen LogP contribution >= 0.6 is 0 Å². The second kappa shape index (κ2) is 6.19. The highest BCUT2D eigenvalue weighted by atomic mass is 32.2. The van der Waals surface area contributed by atoms with Crippen LogP contribution in [-0.2, 0) is 15.3 Å². The molecule has 0 spiro atoms. The van der Waals surface area contributed by atoms with Crippen LogP contribution in [0.3, 0.4) is 0 Å². The Balaban J connectivity index is 2.69. The first-order valence-corrected chi connectivity index (χ1v) is 9.86. The Morgan fingerprint density at radius 3 is 2.23 bits per heavy atom. The Hall–Kier alpha value is -1.09. The number of rotatable bonds is 5. The molecule has 0 N–H and O–H groups in total. The molecule has 1 aliphatic heterocycles. The van der Waals surface area contributed by atoms with Gasteiger partial charge in [0.1, 0.15) is 5.54 Å². The van der Waals surface area contributed by atoms with E-state index in [1.54, 1.807) is 0 Å². The van der Waals surface area contributed by atoms with E-state index in [1.165, 1.54) is 5.56 Å². The smallest absolute Gasteiger partial charge is 0.115 e. The van der Waals surface area contributed by atoms with Crippen molar-refractivity contribution in [1.82, 2.24) is 0 Å². The van der Waals surface area contributed by atoms with Crippen molar-refractivity contribution in [2.75, 3.05) is 0 Å². The lowest BCUT2D eigenvalue weighted by atomic mass is 9.86. The summed E-state index contributed by atoms with van der Waals surface area (Å²) >= 11 is 0. The largest absolute Gasteiger partial charge is 0.244 e. The fraction of sp³-hybridized carbons (Fsp3) is 0.579. The molecule has 0 amide bonds. The van der Waals surface area contributed by atoms with Gasteiger partial charge in [-0.1, -0.05) is 57.0 Å². The Labute approximate surface area is 136 Å². The summed E-state index contributed by atoms with van der Waals surface area (Å²) in [5.41, 5.74) is 0.755. The predicted molar refractivity (Wildman–Crippen MR) is 96.3 cm³/mol. The van der Waals surface area contributed by atoms with Crippen molar-refractivity contribution in [3.05, 3.63) is 46.9 Å². The van der Waals surface area contributed by atoms with Crippen molar-refractivity contribution in [1.29, 1.82) is 0 Å². The fourth-order valence-electron chi connectivity index (χ4n) is 3.15. The zero-order valence-corrected chi connectivity index (χ0v) is 15.4. The molecule has 0 aromatic heterocycles. The van der Waals surface area contributed by atoms with Gasteiger partial charge < -0.3 is 0 Å². The highest BCUT2D eigenvalue weighted by Crippen LogP contribution is 2.46. The lowest BCUT2D eigenvalue weighted by molar-refractivity contribution is 0.512. The SMILES string of the molecule is CCCC1=C[C@@](CCC)(c2ccccc2)N=[S@]1(=O)C(C)(C)C. The fourth-order valence-corrected chi connectivity index (χ4v) is 5.88. The summed E-state index contributed by atoms with van der Waals surface area (Å²) < 4.78 is 18.4. The molecule has 0 saturated heterocycles. The molecular formula is C19H29NOS. The maximum Gasteiger partial charge on any atom is 0.115 e. The van der Waals surface area contributed by atoms with Crippen LogP contribution < -0.4 is 0 Å². The summed E-state index contributed by atoms with van der Waals surface area (Å²) in [5, 5.41) is 0. The van der Waals surface area contributed by atoms with E-state index in [2.05, 4.69) is 52.8 Å². The Morgan fingerprint density at radius 2 is 1.73 bits per heavy atom. The van der Waals surface area contributed by atoms with E-state index in [-0.39, 0.29) is 4.75 Å². The number of nitrogens with zero attached hydrogens (tertiary/aromatic N) is 1. The van der Waals surface area contributed by atoms with E-state index >= 15 is 0 Å². The number of hydrogen-bond acceptors (Lipinski definition) is 2. The van der Waals surface area contributed by atoms with Crippen LogP contribution in [0.4, 0.5) is 0 Å². The maximum absolute atomic E-state index is 13.8. The van der Waals surface area contributed by atoms with Gasteiger partial charge in [0.15, 0.2) is 0 Å². The van der Waals surface area contributed by atoms with Gasteiger partial charge in [-0.05, 0) is 45.3 Å². The van der Waals surface area contributed by atoms with Crippen LogP contribution in [0.5, 0.6) is 0 Å². The van der Waals surface area contributed by atoms with Crippen molar-refractivity contribution in [2.24, 2.45) is 4.36 Å². The molecule has 0 aliphatic carbocycles. The number of hydrogen-bond donors (Lipinski definition) is 0. The van der Waals surface area contributed by atoms with Crippen LogP contribution in [0.15, 0.2) is 45.7 Å². The molecule has 0 saturated carbocycles. The molecule has 0 unspecified atom stereocenters. The minimum atomic E-state index is -2.36. The highest BCUT2D eigenvalue weighted by Gasteiger charge is 2.43. The zero-order chi connectivity index (χ0) is 16.4. The van der Waals surface area contributed by atoms with Crippen LogP contribution in [0.1, 0.15) is 65.9 Å². The van der Waals surface area contributed by atoms with Gasteiger partial charge in [0.25, 0.3) is 0 Å². The van der Waals surface area contributed by atoms with Gasteiger partial charge in [0.05, 0.1) is 9.73 Å². The molecule has 2 atom stereocenters. The van der Waals surface area contributed by atoms with E-state index in [0.29, 0.717) is 0 Å². The number of allylic oxidation sites excluding steroid dienone is 1. The van der Waals surface area contributed by atoms with E-state index in [9.17, 15) is 4.21 Å². The van der Waals surface area contributed by atoms with E-state index in [4.69, 9.17) is 4.36 Å². The normalized spacial score (nSPS) is 28.3. The van der Waals surface area contributed by atoms with Crippen molar-refractivity contribution < 1.29 is 4.21 Å². The summed E-state index contributed by atoms with van der Waals surface area (Å²) in [7, 11) is -2.36. The first-order chi connectivity index (χ1) is 10.3. The third-order valence-electron chi connectivity index (χ3n) is 4.28. The van der Waals surface area contributed by atoms with E-state index in [1.807, 2.05) is 18.2 Å². The first kappa shape index (κ1) is 17.3. The second-order valence-electron chi connectivity index (χ2n) is 7.13. The first-order valence-electron chi connectivity index (χ1n) is 8.34. The summed E-state index contributed by atoms with van der Waals surface area (Å²) in [5.74, 6) is 0. The van der Waals surface area contributed by atoms with Crippen LogP contribution in [-0.4, -0.2) is 8.96 Å². The van der Waals surface area contributed by atoms with Crippen molar-refractivity contribution in [3.63, 3.8) is 0 Å². The highest BCUT2D eigenvalue weighted by molar-refractivity contribution is 7.98. The second-order valence-corrected chi connectivity index (χ2v) is 10.1. The molecule has 0 fully saturated rings. The average molecular weight is 320 g/mol. The lowest BCUT2D eigenvalue weighted by Gasteiger charge is -2.27. The molecule has 1 heterocycles. The van der Waals surface area contributed by atoms with E-state index in [0.717, 1.165) is 30.6 Å². The molecule has 3 heteroatoms. The van der Waals surface area contributed by atoms with Crippen molar-refractivity contribution in [3.8, 4) is 0 Å². The molecule has 22 heavy (non-hydrogen) atoms. The van der Waals surface area contributed by atoms with Gasteiger partial charge in [-0.2, -0.15) is 0 Å². The third-order valence-corrected chi connectivity index (χ3v) is 7.55. The quantitative estimate of drug-likeness (QED) is 0.690. The van der Waals surface area contributed by atoms with Gasteiger partial charge in [-0.3, -0.25) is 0 Å². The van der Waals surface area contributed by atoms with Crippen molar-refractivity contribution >= 4 is 9.73 Å². The average Bonchev–Trinajstić information content (AvgIpc) is 2.75. The molecule has 1 aromatic carbocycles. The van der Waals surface area contributed by atoms with Gasteiger partial charge in [0, 0.05) is 9.65 Å². The summed E-state index contributed by atoms with van der Waals surface area (Å²) in [6.45, 7) is 10.5. The van der Waals surface area contributed by atoms with Crippen molar-refractivity contribution in [2.45, 2.75) is 70.6 Å². The summed E-state index contributed by atoms with van der Waals surface area (Å²) in [4.78, 5) is 1.06. The topological polar surface area (TPSA) is 29.4 Å². The zero-order valence-electron chi connectivity index (χ0n) is 14.6. The van der Waals surface area contributed by atoms with E-state index < -0.39 is 15.3 Å². The van der Waals surface area contributed by atoms with Crippen LogP contribution in [0.25, 0.3) is 0 Å². The maximum atomic E-state index is 13.8. The van der Waals surface area contributed by atoms with Gasteiger partial charge in [-0.25, -0.2) is 8.57 Å². The Kier molecular flexibility index (Phi) is 4.86.